The molecule has 0 unspecified atom stereocenters. The number of nitrogens with zero attached hydrogens (tertiary/aromatic N) is 1. The van der Waals surface area contributed by atoms with E-state index in [0.717, 1.165) is 0 Å². The van der Waals surface area contributed by atoms with Gasteiger partial charge in [-0.25, -0.2) is 0 Å². The molecular formula is C13H19N3O3. The van der Waals surface area contributed by atoms with Gasteiger partial charge in [-0.1, -0.05) is 0 Å². The van der Waals surface area contributed by atoms with E-state index in [1.165, 1.54) is 6.07 Å². The fraction of sp³-hybridized carbons (Fsp3) is 0.462. The quantitative estimate of drug-likeness (QED) is 0.647. The minimum Gasteiger partial charge on any atom is -0.380 e. The van der Waals surface area contributed by atoms with E-state index in [1.54, 1.807) is 12.1 Å². The van der Waals surface area contributed by atoms with Crippen LogP contribution in [0, 0.1) is 10.1 Å². The average molecular weight is 265 g/mol. The maximum absolute atomic E-state index is 12.0. The van der Waals surface area contributed by atoms with Crippen LogP contribution in [0.3, 0.4) is 0 Å². The minimum absolute atomic E-state index is 0.0941. The van der Waals surface area contributed by atoms with Crippen LogP contribution in [-0.2, 0) is 0 Å². The molecule has 0 bridgehead atoms. The van der Waals surface area contributed by atoms with Crippen molar-refractivity contribution in [2.24, 2.45) is 0 Å². The van der Waals surface area contributed by atoms with Gasteiger partial charge in [0.05, 0.1) is 4.92 Å². The van der Waals surface area contributed by atoms with Gasteiger partial charge in [0.15, 0.2) is 0 Å². The summed E-state index contributed by atoms with van der Waals surface area (Å²) < 4.78 is 0. The maximum atomic E-state index is 12.0. The second-order valence-corrected chi connectivity index (χ2v) is 5.22. The molecule has 0 aliphatic heterocycles. The zero-order chi connectivity index (χ0) is 14.6. The van der Waals surface area contributed by atoms with Crippen LogP contribution in [0.2, 0.25) is 0 Å². The Balaban J connectivity index is 3.08. The second kappa shape index (κ2) is 5.69. The molecule has 6 heteroatoms. The number of carbonyl (C=O) groups excluding carboxylic acids is 1. The summed E-state index contributed by atoms with van der Waals surface area (Å²) in [7, 11) is 0. The number of nitro benzene ring substituents is 1. The van der Waals surface area contributed by atoms with E-state index in [-0.39, 0.29) is 22.7 Å². The maximum Gasteiger partial charge on any atom is 0.293 e. The van der Waals surface area contributed by atoms with Crippen LogP contribution in [0.15, 0.2) is 18.2 Å². The number of amides is 1. The van der Waals surface area contributed by atoms with E-state index in [0.29, 0.717) is 12.2 Å². The summed E-state index contributed by atoms with van der Waals surface area (Å²) in [6.07, 6.45) is 0. The lowest BCUT2D eigenvalue weighted by atomic mass is 10.1. The normalized spacial score (nSPS) is 10.9. The number of nitrogens with one attached hydrogen (secondary N) is 2. The van der Waals surface area contributed by atoms with Gasteiger partial charge in [0.1, 0.15) is 5.69 Å². The fourth-order valence-electron chi connectivity index (χ4n) is 1.58. The van der Waals surface area contributed by atoms with Crippen LogP contribution in [0.5, 0.6) is 0 Å². The minimum atomic E-state index is -0.494. The van der Waals surface area contributed by atoms with Crippen molar-refractivity contribution in [1.29, 1.82) is 0 Å². The third kappa shape index (κ3) is 4.24. The van der Waals surface area contributed by atoms with Crippen molar-refractivity contribution in [3.8, 4) is 0 Å². The van der Waals surface area contributed by atoms with Crippen LogP contribution in [0.1, 0.15) is 38.1 Å². The third-order valence-electron chi connectivity index (χ3n) is 2.31. The Morgan fingerprint density at radius 2 is 2.00 bits per heavy atom. The fourth-order valence-corrected chi connectivity index (χ4v) is 1.58. The molecule has 0 aliphatic carbocycles. The van der Waals surface area contributed by atoms with Gasteiger partial charge in [-0.05, 0) is 39.8 Å². The van der Waals surface area contributed by atoms with Gasteiger partial charge < -0.3 is 10.6 Å². The molecule has 1 amide bonds. The SMILES string of the molecule is CCNc1ccc(C(=O)NC(C)(C)C)cc1[N+](=O)[O-]. The van der Waals surface area contributed by atoms with E-state index >= 15 is 0 Å². The molecule has 6 nitrogen and oxygen atoms in total. The highest BCUT2D eigenvalue weighted by Gasteiger charge is 2.20. The van der Waals surface area contributed by atoms with Crippen LogP contribution < -0.4 is 10.6 Å². The number of nitro groups is 1. The first-order valence-corrected chi connectivity index (χ1v) is 6.09. The van der Waals surface area contributed by atoms with Gasteiger partial charge in [-0.15, -0.1) is 0 Å². The molecule has 0 atom stereocenters. The van der Waals surface area contributed by atoms with E-state index in [1.807, 2.05) is 27.7 Å². The first-order chi connectivity index (χ1) is 8.74. The van der Waals surface area contributed by atoms with Crippen molar-refractivity contribution in [2.75, 3.05) is 11.9 Å². The zero-order valence-corrected chi connectivity index (χ0v) is 11.6. The van der Waals surface area contributed by atoms with Gasteiger partial charge in [-0.2, -0.15) is 0 Å². The number of benzene rings is 1. The monoisotopic (exact) mass is 265 g/mol. The summed E-state index contributed by atoms with van der Waals surface area (Å²) in [6.45, 7) is 7.99. The predicted octanol–water partition coefficient (Wildman–Crippen LogP) is 2.55. The van der Waals surface area contributed by atoms with Crippen LogP contribution in [0.4, 0.5) is 11.4 Å². The summed E-state index contributed by atoms with van der Waals surface area (Å²) in [4.78, 5) is 22.4. The van der Waals surface area contributed by atoms with Gasteiger partial charge >= 0.3 is 0 Å². The second-order valence-electron chi connectivity index (χ2n) is 5.22. The highest BCUT2D eigenvalue weighted by molar-refractivity contribution is 5.96. The largest absolute Gasteiger partial charge is 0.380 e. The Morgan fingerprint density at radius 1 is 1.37 bits per heavy atom. The van der Waals surface area contributed by atoms with E-state index < -0.39 is 4.92 Å². The molecule has 2 N–H and O–H groups in total. The summed E-state index contributed by atoms with van der Waals surface area (Å²) in [6, 6.07) is 4.42. The first-order valence-electron chi connectivity index (χ1n) is 6.09. The lowest BCUT2D eigenvalue weighted by molar-refractivity contribution is -0.384. The molecule has 0 saturated carbocycles. The van der Waals surface area contributed by atoms with Gasteiger partial charge in [0.25, 0.3) is 11.6 Å². The van der Waals surface area contributed by atoms with Crippen molar-refractivity contribution in [3.63, 3.8) is 0 Å². The van der Waals surface area contributed by atoms with E-state index in [2.05, 4.69) is 10.6 Å². The lowest BCUT2D eigenvalue weighted by Gasteiger charge is -2.20. The number of carbonyl (C=O) groups is 1. The molecule has 0 fully saturated rings. The summed E-state index contributed by atoms with van der Waals surface area (Å²) in [5, 5.41) is 16.7. The molecule has 0 heterocycles. The number of anilines is 1. The van der Waals surface area contributed by atoms with Crippen molar-refractivity contribution in [1.82, 2.24) is 5.32 Å². The molecule has 1 aromatic rings. The van der Waals surface area contributed by atoms with Gasteiger partial charge in [0.2, 0.25) is 0 Å². The zero-order valence-electron chi connectivity index (χ0n) is 11.6. The molecule has 1 rings (SSSR count). The molecule has 0 radical (unpaired) electrons. The summed E-state index contributed by atoms with van der Waals surface area (Å²) in [5.41, 5.74) is 0.221. The topological polar surface area (TPSA) is 84.3 Å². The highest BCUT2D eigenvalue weighted by Crippen LogP contribution is 2.25. The number of hydrogen-bond donors (Lipinski definition) is 2. The molecule has 0 aromatic heterocycles. The van der Waals surface area contributed by atoms with Crippen molar-refractivity contribution in [2.45, 2.75) is 33.2 Å². The Labute approximate surface area is 112 Å². The highest BCUT2D eigenvalue weighted by atomic mass is 16.6. The lowest BCUT2D eigenvalue weighted by Crippen LogP contribution is -2.40. The van der Waals surface area contributed by atoms with Crippen LogP contribution in [0.25, 0.3) is 0 Å². The van der Waals surface area contributed by atoms with Crippen molar-refractivity contribution >= 4 is 17.3 Å². The summed E-state index contributed by atoms with van der Waals surface area (Å²) in [5.74, 6) is -0.321. The van der Waals surface area contributed by atoms with Crippen LogP contribution in [-0.4, -0.2) is 22.9 Å². The molecular weight excluding hydrogens is 246 g/mol. The third-order valence-corrected chi connectivity index (χ3v) is 2.31. The average Bonchev–Trinajstić information content (AvgIpc) is 2.27. The van der Waals surface area contributed by atoms with E-state index in [4.69, 9.17) is 0 Å². The van der Waals surface area contributed by atoms with Gasteiger partial charge in [-0.3, -0.25) is 14.9 Å². The molecule has 1 aromatic carbocycles. The first kappa shape index (κ1) is 14.9. The number of hydrogen-bond acceptors (Lipinski definition) is 4. The molecule has 0 saturated heterocycles. The smallest absolute Gasteiger partial charge is 0.293 e. The van der Waals surface area contributed by atoms with Crippen LogP contribution >= 0.6 is 0 Å². The molecule has 0 spiro atoms. The Hall–Kier alpha value is -2.11. The van der Waals surface area contributed by atoms with Gasteiger partial charge in [0, 0.05) is 23.7 Å². The van der Waals surface area contributed by atoms with Crippen molar-refractivity contribution in [3.05, 3.63) is 33.9 Å². The Morgan fingerprint density at radius 3 is 2.47 bits per heavy atom. The van der Waals surface area contributed by atoms with E-state index in [9.17, 15) is 14.9 Å². The molecule has 104 valence electrons. The molecule has 19 heavy (non-hydrogen) atoms. The van der Waals surface area contributed by atoms with Crippen molar-refractivity contribution < 1.29 is 9.72 Å². The number of rotatable bonds is 4. The molecule has 0 aliphatic rings. The Bertz CT molecular complexity index is 492. The predicted molar refractivity (Wildman–Crippen MR) is 74.5 cm³/mol. The Kier molecular flexibility index (Phi) is 4.47. The summed E-state index contributed by atoms with van der Waals surface area (Å²) >= 11 is 0. The standard InChI is InChI=1S/C13H19N3O3/c1-5-14-10-7-6-9(8-11(10)16(18)19)12(17)15-13(2,3)4/h6-8,14H,5H2,1-4H3,(H,15,17).